The minimum absolute atomic E-state index is 0.0936. The van der Waals surface area contributed by atoms with Crippen LogP contribution < -0.4 is 10.3 Å². The van der Waals surface area contributed by atoms with E-state index in [0.29, 0.717) is 6.61 Å². The molecule has 5 nitrogen and oxygen atoms in total. The van der Waals surface area contributed by atoms with Gasteiger partial charge in [-0.05, 0) is 63.8 Å². The van der Waals surface area contributed by atoms with Gasteiger partial charge in [-0.1, -0.05) is 12.5 Å². The smallest absolute Gasteiger partial charge is 0.253 e. The first-order chi connectivity index (χ1) is 14.9. The van der Waals surface area contributed by atoms with Crippen LogP contribution in [-0.2, 0) is 11.3 Å². The van der Waals surface area contributed by atoms with Gasteiger partial charge in [-0.3, -0.25) is 9.69 Å². The normalized spacial score (nSPS) is 21.1. The Bertz CT molecular complexity index is 1040. The summed E-state index contributed by atoms with van der Waals surface area (Å²) in [6, 6.07) is 7.30. The van der Waals surface area contributed by atoms with E-state index in [2.05, 4.69) is 23.1 Å². The second-order valence-corrected chi connectivity index (χ2v) is 9.84. The lowest BCUT2D eigenvalue weighted by Crippen LogP contribution is -2.54. The van der Waals surface area contributed by atoms with Gasteiger partial charge in [-0.15, -0.1) is 0 Å². The van der Waals surface area contributed by atoms with Crippen molar-refractivity contribution in [3.63, 3.8) is 0 Å². The van der Waals surface area contributed by atoms with E-state index in [1.54, 1.807) is 0 Å². The molecule has 1 saturated carbocycles. The van der Waals surface area contributed by atoms with E-state index in [9.17, 15) is 4.79 Å². The zero-order valence-corrected chi connectivity index (χ0v) is 19.2. The fourth-order valence-corrected chi connectivity index (χ4v) is 5.15. The Hall–Kier alpha value is -2.11. The molecule has 1 aliphatic carbocycles. The third kappa shape index (κ3) is 3.62. The van der Waals surface area contributed by atoms with Crippen LogP contribution in [0.25, 0.3) is 11.1 Å². The van der Waals surface area contributed by atoms with Crippen LogP contribution in [-0.4, -0.2) is 34.4 Å². The van der Waals surface area contributed by atoms with Crippen LogP contribution in [0.15, 0.2) is 29.2 Å². The molecule has 1 saturated heterocycles. The van der Waals surface area contributed by atoms with Gasteiger partial charge in [0, 0.05) is 60.9 Å². The van der Waals surface area contributed by atoms with Gasteiger partial charge < -0.3 is 14.0 Å². The van der Waals surface area contributed by atoms with Crippen LogP contribution in [0.5, 0.6) is 5.75 Å². The highest BCUT2D eigenvalue weighted by molar-refractivity contribution is 5.69. The number of aromatic nitrogens is 1. The molecule has 31 heavy (non-hydrogen) atoms. The van der Waals surface area contributed by atoms with E-state index < -0.39 is 5.79 Å². The van der Waals surface area contributed by atoms with E-state index in [-0.39, 0.29) is 11.6 Å². The Labute approximate surface area is 185 Å². The summed E-state index contributed by atoms with van der Waals surface area (Å²) in [4.78, 5) is 15.2. The molecular formula is C26H34N2O3. The summed E-state index contributed by atoms with van der Waals surface area (Å²) in [5, 5.41) is 0. The quantitative estimate of drug-likeness (QED) is 0.701. The summed E-state index contributed by atoms with van der Waals surface area (Å²) >= 11 is 0. The molecule has 1 aromatic heterocycles. The number of pyridine rings is 1. The zero-order chi connectivity index (χ0) is 21.8. The second-order valence-electron chi connectivity index (χ2n) is 9.84. The molecule has 0 atom stereocenters. The first-order valence-corrected chi connectivity index (χ1v) is 11.8. The third-order valence-corrected chi connectivity index (χ3v) is 7.66. The van der Waals surface area contributed by atoms with Crippen molar-refractivity contribution in [3.8, 4) is 16.9 Å². The Morgan fingerprint density at radius 3 is 2.48 bits per heavy atom. The number of likely N-dealkylation sites (tertiary alicyclic amines) is 1. The monoisotopic (exact) mass is 422 g/mol. The first kappa shape index (κ1) is 20.8. The van der Waals surface area contributed by atoms with Gasteiger partial charge in [0.05, 0.1) is 6.61 Å². The molecule has 0 bridgehead atoms. The molecule has 3 heterocycles. The van der Waals surface area contributed by atoms with Gasteiger partial charge >= 0.3 is 0 Å². The standard InChI is InChI=1S/C26H34N2O3/c1-17(2)28-15-23(18(3)19(4)25(28)29)20-8-9-24-21(14-20)16-30-26(31-24)10-12-27(13-11-26)22-6-5-7-22/h8-9,14-15,17,22H,5-7,10-13,16H2,1-4H3. The number of ether oxygens (including phenoxy) is 2. The van der Waals surface area contributed by atoms with Crippen molar-refractivity contribution >= 4 is 0 Å². The van der Waals surface area contributed by atoms with Gasteiger partial charge in [0.15, 0.2) is 0 Å². The van der Waals surface area contributed by atoms with Crippen LogP contribution in [0.2, 0.25) is 0 Å². The summed E-state index contributed by atoms with van der Waals surface area (Å²) in [6.07, 6.45) is 7.94. The predicted molar refractivity (Wildman–Crippen MR) is 123 cm³/mol. The van der Waals surface area contributed by atoms with Crippen LogP contribution in [0.3, 0.4) is 0 Å². The van der Waals surface area contributed by atoms with Crippen molar-refractivity contribution in [2.24, 2.45) is 0 Å². The molecule has 2 aliphatic heterocycles. The molecule has 1 aromatic carbocycles. The number of benzene rings is 1. The molecule has 0 unspecified atom stereocenters. The Balaban J connectivity index is 1.39. The maximum Gasteiger partial charge on any atom is 0.253 e. The lowest BCUT2D eigenvalue weighted by molar-refractivity contribution is -0.231. The molecule has 1 spiro atoms. The van der Waals surface area contributed by atoms with Crippen LogP contribution >= 0.6 is 0 Å². The van der Waals surface area contributed by atoms with E-state index >= 15 is 0 Å². The average molecular weight is 423 g/mol. The number of hydrogen-bond acceptors (Lipinski definition) is 4. The molecular weight excluding hydrogens is 388 g/mol. The summed E-state index contributed by atoms with van der Waals surface area (Å²) < 4.78 is 14.6. The number of nitrogens with zero attached hydrogens (tertiary/aromatic N) is 2. The molecule has 5 rings (SSSR count). The van der Waals surface area contributed by atoms with Gasteiger partial charge in [-0.2, -0.15) is 0 Å². The summed E-state index contributed by atoms with van der Waals surface area (Å²) in [5.41, 5.74) is 5.24. The van der Waals surface area contributed by atoms with E-state index in [0.717, 1.165) is 65.5 Å². The Kier molecular flexibility index (Phi) is 5.22. The lowest BCUT2D eigenvalue weighted by Gasteiger charge is -2.47. The van der Waals surface area contributed by atoms with E-state index in [4.69, 9.17) is 9.47 Å². The van der Waals surface area contributed by atoms with Crippen molar-refractivity contribution in [3.05, 3.63) is 51.4 Å². The third-order valence-electron chi connectivity index (χ3n) is 7.66. The lowest BCUT2D eigenvalue weighted by atomic mass is 9.89. The molecule has 0 amide bonds. The largest absolute Gasteiger partial charge is 0.462 e. The zero-order valence-electron chi connectivity index (χ0n) is 19.2. The molecule has 166 valence electrons. The molecule has 0 radical (unpaired) electrons. The molecule has 2 aromatic rings. The highest BCUT2D eigenvalue weighted by Crippen LogP contribution is 2.40. The molecule has 0 N–H and O–H groups in total. The summed E-state index contributed by atoms with van der Waals surface area (Å²) in [7, 11) is 0. The number of fused-ring (bicyclic) bond motifs is 1. The van der Waals surface area contributed by atoms with Crippen molar-refractivity contribution in [2.75, 3.05) is 13.1 Å². The van der Waals surface area contributed by atoms with Gasteiger partial charge in [-0.25, -0.2) is 0 Å². The van der Waals surface area contributed by atoms with Crippen LogP contribution in [0.1, 0.15) is 68.7 Å². The highest BCUT2D eigenvalue weighted by Gasteiger charge is 2.42. The van der Waals surface area contributed by atoms with Gasteiger partial charge in [0.25, 0.3) is 5.56 Å². The minimum Gasteiger partial charge on any atom is -0.462 e. The van der Waals surface area contributed by atoms with Crippen molar-refractivity contribution in [1.82, 2.24) is 9.47 Å². The Morgan fingerprint density at radius 1 is 1.10 bits per heavy atom. The molecule has 3 aliphatic rings. The SMILES string of the molecule is Cc1c(-c2ccc3c(c2)COC2(CCN(C4CCC4)CC2)O3)cn(C(C)C)c(=O)c1C. The predicted octanol–water partition coefficient (Wildman–Crippen LogP) is 4.97. The average Bonchev–Trinajstić information content (AvgIpc) is 2.72. The fourth-order valence-electron chi connectivity index (χ4n) is 5.15. The van der Waals surface area contributed by atoms with Gasteiger partial charge in [0.1, 0.15) is 5.75 Å². The fraction of sp³-hybridized carbons (Fsp3) is 0.577. The minimum atomic E-state index is -0.466. The number of rotatable bonds is 3. The van der Waals surface area contributed by atoms with Crippen LogP contribution in [0, 0.1) is 13.8 Å². The van der Waals surface area contributed by atoms with E-state index in [1.807, 2.05) is 38.5 Å². The van der Waals surface area contributed by atoms with Crippen LogP contribution in [0.4, 0.5) is 0 Å². The maximum atomic E-state index is 12.6. The maximum absolute atomic E-state index is 12.6. The molecule has 2 fully saturated rings. The Morgan fingerprint density at radius 2 is 1.84 bits per heavy atom. The van der Waals surface area contributed by atoms with E-state index in [1.165, 1.54) is 19.3 Å². The first-order valence-electron chi connectivity index (χ1n) is 11.8. The van der Waals surface area contributed by atoms with Gasteiger partial charge in [0.2, 0.25) is 5.79 Å². The highest BCUT2D eigenvalue weighted by atomic mass is 16.7. The number of hydrogen-bond donors (Lipinski definition) is 0. The second kappa shape index (κ2) is 7.79. The topological polar surface area (TPSA) is 43.7 Å². The van der Waals surface area contributed by atoms with Crippen molar-refractivity contribution in [2.45, 2.75) is 84.3 Å². The molecule has 5 heteroatoms. The van der Waals surface area contributed by atoms with Crippen molar-refractivity contribution < 1.29 is 9.47 Å². The summed E-state index contributed by atoms with van der Waals surface area (Å²) in [6.45, 7) is 10.8. The summed E-state index contributed by atoms with van der Waals surface area (Å²) in [5.74, 6) is 0.477. The number of piperidine rings is 1. The van der Waals surface area contributed by atoms with Crippen molar-refractivity contribution in [1.29, 1.82) is 0 Å².